The van der Waals surface area contributed by atoms with Gasteiger partial charge >= 0.3 is 11.9 Å². The highest BCUT2D eigenvalue weighted by atomic mass is 16.6. The largest absolute Gasteiger partial charge is 0.465 e. The molecule has 0 radical (unpaired) electrons. The number of rotatable bonds is 9. The van der Waals surface area contributed by atoms with Crippen LogP contribution in [0.2, 0.25) is 0 Å². The first kappa shape index (κ1) is 15.9. The maximum atomic E-state index is 11.4. The van der Waals surface area contributed by atoms with Gasteiger partial charge in [0.15, 0.2) is 0 Å². The molecule has 4 nitrogen and oxygen atoms in total. The van der Waals surface area contributed by atoms with Gasteiger partial charge < -0.3 is 9.47 Å². The zero-order valence-electron chi connectivity index (χ0n) is 11.2. The summed E-state index contributed by atoms with van der Waals surface area (Å²) in [6.07, 6.45) is 4.18. The van der Waals surface area contributed by atoms with Crippen LogP contribution in [0.25, 0.3) is 0 Å². The second-order valence-corrected chi connectivity index (χ2v) is 4.06. The first-order valence-electron chi connectivity index (χ1n) is 6.49. The van der Waals surface area contributed by atoms with Crippen molar-refractivity contribution >= 4 is 11.9 Å². The maximum Gasteiger partial charge on any atom is 0.317 e. The first-order chi connectivity index (χ1) is 8.13. The average molecular weight is 244 g/mol. The van der Waals surface area contributed by atoms with Crippen LogP contribution in [-0.4, -0.2) is 24.6 Å². The Morgan fingerprint density at radius 3 is 2.29 bits per heavy atom. The van der Waals surface area contributed by atoms with Gasteiger partial charge in [0.25, 0.3) is 0 Å². The molecule has 0 N–H and O–H groups in total. The highest BCUT2D eigenvalue weighted by Crippen LogP contribution is 2.09. The molecule has 0 aliphatic carbocycles. The Morgan fingerprint density at radius 1 is 1.06 bits per heavy atom. The number of carbonyl (C=O) groups excluding carboxylic acids is 2. The summed E-state index contributed by atoms with van der Waals surface area (Å²) >= 11 is 0. The standard InChI is InChI=1S/C13H24O4/c1-4-7-8-11(6-3)17-13(15)10-12(14)16-9-5-2/h11H,4-10H2,1-3H3. The molecule has 0 aliphatic heterocycles. The third kappa shape index (κ3) is 8.72. The van der Waals surface area contributed by atoms with Crippen LogP contribution >= 0.6 is 0 Å². The van der Waals surface area contributed by atoms with Gasteiger partial charge in [-0.15, -0.1) is 0 Å². The molecule has 0 saturated carbocycles. The van der Waals surface area contributed by atoms with Crippen LogP contribution in [0, 0.1) is 0 Å². The lowest BCUT2D eigenvalue weighted by atomic mass is 10.1. The van der Waals surface area contributed by atoms with E-state index in [0.717, 1.165) is 32.1 Å². The lowest BCUT2D eigenvalue weighted by Gasteiger charge is -2.15. The molecule has 0 saturated heterocycles. The zero-order chi connectivity index (χ0) is 13.1. The van der Waals surface area contributed by atoms with Crippen molar-refractivity contribution in [3.8, 4) is 0 Å². The van der Waals surface area contributed by atoms with Crippen molar-refractivity contribution in [3.05, 3.63) is 0 Å². The fourth-order valence-corrected chi connectivity index (χ4v) is 1.39. The molecule has 100 valence electrons. The highest BCUT2D eigenvalue weighted by Gasteiger charge is 2.16. The van der Waals surface area contributed by atoms with Gasteiger partial charge in [-0.1, -0.05) is 33.6 Å². The Balaban J connectivity index is 3.85. The molecule has 0 bridgehead atoms. The van der Waals surface area contributed by atoms with Gasteiger partial charge in [0.1, 0.15) is 12.5 Å². The molecular weight excluding hydrogens is 220 g/mol. The van der Waals surface area contributed by atoms with Gasteiger partial charge in [0.2, 0.25) is 0 Å². The summed E-state index contributed by atoms with van der Waals surface area (Å²) in [5.41, 5.74) is 0. The maximum absolute atomic E-state index is 11.4. The molecule has 0 aromatic heterocycles. The van der Waals surface area contributed by atoms with E-state index in [2.05, 4.69) is 6.92 Å². The number of unbranched alkanes of at least 4 members (excludes halogenated alkanes) is 1. The molecule has 1 atom stereocenters. The molecule has 17 heavy (non-hydrogen) atoms. The molecule has 0 fully saturated rings. The van der Waals surface area contributed by atoms with E-state index in [-0.39, 0.29) is 12.5 Å². The van der Waals surface area contributed by atoms with Gasteiger partial charge in [-0.25, -0.2) is 0 Å². The number of esters is 2. The van der Waals surface area contributed by atoms with Crippen molar-refractivity contribution in [2.24, 2.45) is 0 Å². The van der Waals surface area contributed by atoms with Crippen LogP contribution in [0.4, 0.5) is 0 Å². The first-order valence-corrected chi connectivity index (χ1v) is 6.49. The quantitative estimate of drug-likeness (QED) is 0.462. The third-order valence-corrected chi connectivity index (χ3v) is 2.39. The Labute approximate surface area is 104 Å². The van der Waals surface area contributed by atoms with Gasteiger partial charge in [-0.3, -0.25) is 9.59 Å². The van der Waals surface area contributed by atoms with Gasteiger partial charge in [-0.05, 0) is 19.3 Å². The van der Waals surface area contributed by atoms with E-state index >= 15 is 0 Å². The second kappa shape index (κ2) is 10.1. The Kier molecular flexibility index (Phi) is 9.49. The summed E-state index contributed by atoms with van der Waals surface area (Å²) in [4.78, 5) is 22.6. The molecule has 0 aromatic carbocycles. The predicted octanol–water partition coefficient (Wildman–Crippen LogP) is 2.84. The van der Waals surface area contributed by atoms with Crippen LogP contribution in [0.3, 0.4) is 0 Å². The summed E-state index contributed by atoms with van der Waals surface area (Å²) in [7, 11) is 0. The molecule has 1 unspecified atom stereocenters. The lowest BCUT2D eigenvalue weighted by molar-refractivity contribution is -0.158. The Morgan fingerprint density at radius 2 is 1.76 bits per heavy atom. The number of ether oxygens (including phenoxy) is 2. The smallest absolute Gasteiger partial charge is 0.317 e. The predicted molar refractivity (Wildman–Crippen MR) is 65.6 cm³/mol. The van der Waals surface area contributed by atoms with Crippen molar-refractivity contribution in [2.45, 2.75) is 65.4 Å². The van der Waals surface area contributed by atoms with Crippen molar-refractivity contribution < 1.29 is 19.1 Å². The molecule has 0 aromatic rings. The van der Waals surface area contributed by atoms with Crippen LogP contribution in [-0.2, 0) is 19.1 Å². The van der Waals surface area contributed by atoms with E-state index in [1.54, 1.807) is 0 Å². The molecule has 0 spiro atoms. The molecule has 0 aliphatic rings. The summed E-state index contributed by atoms with van der Waals surface area (Å²) in [6, 6.07) is 0. The van der Waals surface area contributed by atoms with E-state index < -0.39 is 11.9 Å². The Bertz CT molecular complexity index is 225. The van der Waals surface area contributed by atoms with Gasteiger partial charge in [0, 0.05) is 0 Å². The van der Waals surface area contributed by atoms with Crippen molar-refractivity contribution in [2.75, 3.05) is 6.61 Å². The molecule has 0 amide bonds. The van der Waals surface area contributed by atoms with Crippen LogP contribution < -0.4 is 0 Å². The number of hydrogen-bond donors (Lipinski definition) is 0. The third-order valence-electron chi connectivity index (χ3n) is 2.39. The van der Waals surface area contributed by atoms with Crippen molar-refractivity contribution in [3.63, 3.8) is 0 Å². The minimum atomic E-state index is -0.498. The number of carbonyl (C=O) groups is 2. The van der Waals surface area contributed by atoms with E-state index in [4.69, 9.17) is 9.47 Å². The molecule has 4 heteroatoms. The van der Waals surface area contributed by atoms with Crippen LogP contribution in [0.1, 0.15) is 59.3 Å². The van der Waals surface area contributed by atoms with E-state index in [0.29, 0.717) is 6.61 Å². The van der Waals surface area contributed by atoms with E-state index in [1.165, 1.54) is 0 Å². The van der Waals surface area contributed by atoms with Crippen LogP contribution in [0.5, 0.6) is 0 Å². The van der Waals surface area contributed by atoms with Crippen molar-refractivity contribution in [1.82, 2.24) is 0 Å². The summed E-state index contributed by atoms with van der Waals surface area (Å²) in [5.74, 6) is -0.976. The Hall–Kier alpha value is -1.06. The summed E-state index contributed by atoms with van der Waals surface area (Å²) in [5, 5.41) is 0. The normalized spacial score (nSPS) is 11.9. The van der Waals surface area contributed by atoms with Crippen LogP contribution in [0.15, 0.2) is 0 Å². The number of hydrogen-bond acceptors (Lipinski definition) is 4. The molecular formula is C13H24O4. The highest BCUT2D eigenvalue weighted by molar-refractivity contribution is 5.91. The monoisotopic (exact) mass is 244 g/mol. The molecule has 0 rings (SSSR count). The minimum absolute atomic E-state index is 0.0681. The van der Waals surface area contributed by atoms with Gasteiger partial charge in [0.05, 0.1) is 6.61 Å². The average Bonchev–Trinajstić information content (AvgIpc) is 2.31. The topological polar surface area (TPSA) is 52.6 Å². The molecule has 0 heterocycles. The fourth-order valence-electron chi connectivity index (χ4n) is 1.39. The van der Waals surface area contributed by atoms with E-state index in [1.807, 2.05) is 13.8 Å². The summed E-state index contributed by atoms with van der Waals surface area (Å²) < 4.78 is 10.0. The second-order valence-electron chi connectivity index (χ2n) is 4.06. The van der Waals surface area contributed by atoms with Crippen molar-refractivity contribution in [1.29, 1.82) is 0 Å². The zero-order valence-corrected chi connectivity index (χ0v) is 11.2. The SMILES string of the molecule is CCCCC(CC)OC(=O)CC(=O)OCCC. The van der Waals surface area contributed by atoms with Gasteiger partial charge in [-0.2, -0.15) is 0 Å². The minimum Gasteiger partial charge on any atom is -0.465 e. The summed E-state index contributed by atoms with van der Waals surface area (Å²) in [6.45, 7) is 6.34. The lowest BCUT2D eigenvalue weighted by Crippen LogP contribution is -2.20. The fraction of sp³-hybridized carbons (Fsp3) is 0.846. The van der Waals surface area contributed by atoms with E-state index in [9.17, 15) is 9.59 Å².